The van der Waals surface area contributed by atoms with Crippen LogP contribution in [0.25, 0.3) is 0 Å². The number of ether oxygens (including phenoxy) is 3. The van der Waals surface area contributed by atoms with Crippen LogP contribution in [0.4, 0.5) is 4.79 Å². The van der Waals surface area contributed by atoms with Crippen LogP contribution >= 0.6 is 0 Å². The minimum atomic E-state index is -1.20. The van der Waals surface area contributed by atoms with Gasteiger partial charge in [0.1, 0.15) is 11.6 Å². The zero-order chi connectivity index (χ0) is 26.9. The van der Waals surface area contributed by atoms with Crippen LogP contribution in [0, 0.1) is 29.6 Å². The van der Waals surface area contributed by atoms with Crippen molar-refractivity contribution in [2.24, 2.45) is 5.92 Å². The Labute approximate surface area is 213 Å². The molecule has 0 aromatic heterocycles. The van der Waals surface area contributed by atoms with Crippen LogP contribution in [0.2, 0.25) is 0 Å². The first-order valence-corrected chi connectivity index (χ1v) is 11.9. The topological polar surface area (TPSA) is 103 Å². The van der Waals surface area contributed by atoms with Crippen molar-refractivity contribution in [1.82, 2.24) is 10.6 Å². The van der Waals surface area contributed by atoms with E-state index in [1.54, 1.807) is 66.0 Å². The van der Waals surface area contributed by atoms with Gasteiger partial charge < -0.3 is 24.8 Å². The fraction of sp³-hybridized carbons (Fsp3) is 0.536. The lowest BCUT2D eigenvalue weighted by molar-refractivity contribution is -0.144. The average Bonchev–Trinajstić information content (AvgIpc) is 3.25. The van der Waals surface area contributed by atoms with Crippen LogP contribution < -0.4 is 10.6 Å². The molecule has 0 radical (unpaired) electrons. The summed E-state index contributed by atoms with van der Waals surface area (Å²) in [5, 5.41) is 5.28. The highest BCUT2D eigenvalue weighted by Crippen LogP contribution is 2.26. The number of carbonyl (C=O) groups excluding carboxylic acids is 3. The van der Waals surface area contributed by atoms with Crippen LogP contribution in [0.15, 0.2) is 24.3 Å². The number of benzene rings is 1. The van der Waals surface area contributed by atoms with Crippen LogP contribution in [0.3, 0.4) is 0 Å². The Hall–Kier alpha value is -3.49. The standard InChI is InChI=1S/C28H36N2O6/c1-27(2,3)36-26(33)30-28(4,5)23(25(32)35-7)29-24(31)21-17-15-19(16-18-21)11-8-9-12-20-13-10-14-22(20)34-6/h15-18,20,22-23H,10,13-14H2,1-7H3,(H,29,31)(H,30,33)/t20-,22-,23+/m0/s1. The average molecular weight is 497 g/mol. The summed E-state index contributed by atoms with van der Waals surface area (Å²) in [5.74, 6) is 10.9. The van der Waals surface area contributed by atoms with Crippen molar-refractivity contribution in [3.8, 4) is 23.7 Å². The molecule has 3 atom stereocenters. The summed E-state index contributed by atoms with van der Waals surface area (Å²) in [6, 6.07) is 5.45. The molecule has 0 heterocycles. The second kappa shape index (κ2) is 12.5. The zero-order valence-electron chi connectivity index (χ0n) is 22.1. The SMILES string of the molecule is COC(=O)[C@@H](NC(=O)c1ccc(C#CC#C[C@H]2CCC[C@@H]2OC)cc1)C(C)(C)NC(=O)OC(C)(C)C. The number of esters is 1. The summed E-state index contributed by atoms with van der Waals surface area (Å²) in [6.45, 7) is 8.38. The van der Waals surface area contributed by atoms with Crippen molar-refractivity contribution in [2.75, 3.05) is 14.2 Å². The van der Waals surface area contributed by atoms with Gasteiger partial charge in [0, 0.05) is 24.2 Å². The molecule has 194 valence electrons. The molecule has 0 aliphatic heterocycles. The number of rotatable bonds is 6. The first kappa shape index (κ1) is 28.7. The van der Waals surface area contributed by atoms with E-state index in [4.69, 9.17) is 14.2 Å². The Kier molecular flexibility index (Phi) is 9.95. The number of nitrogens with one attached hydrogen (secondary N) is 2. The minimum absolute atomic E-state index is 0.176. The smallest absolute Gasteiger partial charge is 0.408 e. The molecular formula is C28H36N2O6. The number of alkyl carbamates (subject to hydrolysis) is 1. The largest absolute Gasteiger partial charge is 0.467 e. The van der Waals surface area contributed by atoms with E-state index in [-0.39, 0.29) is 12.0 Å². The van der Waals surface area contributed by atoms with Gasteiger partial charge in [-0.25, -0.2) is 9.59 Å². The summed E-state index contributed by atoms with van der Waals surface area (Å²) in [5.41, 5.74) is -0.894. The van der Waals surface area contributed by atoms with Gasteiger partial charge in [-0.2, -0.15) is 0 Å². The molecule has 1 aliphatic rings. The van der Waals surface area contributed by atoms with E-state index in [2.05, 4.69) is 34.3 Å². The van der Waals surface area contributed by atoms with Gasteiger partial charge in [-0.1, -0.05) is 11.8 Å². The zero-order valence-corrected chi connectivity index (χ0v) is 22.1. The Balaban J connectivity index is 2.07. The first-order valence-electron chi connectivity index (χ1n) is 11.9. The molecule has 1 saturated carbocycles. The van der Waals surface area contributed by atoms with E-state index in [0.29, 0.717) is 11.1 Å². The number of methoxy groups -OCH3 is 2. The highest BCUT2D eigenvalue weighted by Gasteiger charge is 2.40. The van der Waals surface area contributed by atoms with Crippen molar-refractivity contribution < 1.29 is 28.6 Å². The molecule has 36 heavy (non-hydrogen) atoms. The van der Waals surface area contributed by atoms with Crippen molar-refractivity contribution in [3.05, 3.63) is 35.4 Å². The molecular weight excluding hydrogens is 460 g/mol. The molecule has 0 bridgehead atoms. The summed E-state index contributed by atoms with van der Waals surface area (Å²) >= 11 is 0. The Morgan fingerprint density at radius 2 is 1.67 bits per heavy atom. The first-order chi connectivity index (χ1) is 16.9. The monoisotopic (exact) mass is 496 g/mol. The summed E-state index contributed by atoms with van der Waals surface area (Å²) in [7, 11) is 2.92. The van der Waals surface area contributed by atoms with E-state index in [0.717, 1.165) is 19.3 Å². The van der Waals surface area contributed by atoms with Crippen LogP contribution in [-0.4, -0.2) is 55.5 Å². The van der Waals surface area contributed by atoms with E-state index < -0.39 is 35.2 Å². The van der Waals surface area contributed by atoms with Crippen molar-refractivity contribution in [1.29, 1.82) is 0 Å². The Bertz CT molecular complexity index is 1060. The van der Waals surface area contributed by atoms with E-state index in [1.807, 2.05) is 0 Å². The number of carbonyl (C=O) groups is 3. The van der Waals surface area contributed by atoms with Crippen LogP contribution in [0.5, 0.6) is 0 Å². The van der Waals surface area contributed by atoms with E-state index in [1.165, 1.54) is 7.11 Å². The molecule has 2 rings (SSSR count). The molecule has 1 aromatic rings. The second-order valence-corrected chi connectivity index (χ2v) is 10.2. The van der Waals surface area contributed by atoms with Gasteiger partial charge in [0.05, 0.1) is 18.8 Å². The lowest BCUT2D eigenvalue weighted by Crippen LogP contribution is -2.62. The predicted molar refractivity (Wildman–Crippen MR) is 136 cm³/mol. The summed E-state index contributed by atoms with van der Waals surface area (Å²) in [6.07, 6.45) is 2.62. The maximum absolute atomic E-state index is 12.9. The molecule has 0 saturated heterocycles. The molecule has 1 aliphatic carbocycles. The second-order valence-electron chi connectivity index (χ2n) is 10.2. The molecule has 8 heteroatoms. The lowest BCUT2D eigenvalue weighted by Gasteiger charge is -2.34. The maximum Gasteiger partial charge on any atom is 0.408 e. The fourth-order valence-corrected chi connectivity index (χ4v) is 3.82. The Morgan fingerprint density at radius 3 is 2.25 bits per heavy atom. The van der Waals surface area contributed by atoms with Gasteiger partial charge >= 0.3 is 12.1 Å². The van der Waals surface area contributed by atoms with Crippen LogP contribution in [0.1, 0.15) is 69.8 Å². The highest BCUT2D eigenvalue weighted by atomic mass is 16.6. The van der Waals surface area contributed by atoms with E-state index >= 15 is 0 Å². The van der Waals surface area contributed by atoms with Crippen LogP contribution in [-0.2, 0) is 19.0 Å². The number of hydrogen-bond acceptors (Lipinski definition) is 6. The Morgan fingerprint density at radius 1 is 1.00 bits per heavy atom. The molecule has 0 unspecified atom stereocenters. The van der Waals surface area contributed by atoms with E-state index in [9.17, 15) is 14.4 Å². The van der Waals surface area contributed by atoms with Gasteiger partial charge in [-0.3, -0.25) is 4.79 Å². The summed E-state index contributed by atoms with van der Waals surface area (Å²) in [4.78, 5) is 37.6. The van der Waals surface area contributed by atoms with Crippen molar-refractivity contribution in [3.63, 3.8) is 0 Å². The molecule has 1 fully saturated rings. The third kappa shape index (κ3) is 8.62. The number of amides is 2. The molecule has 2 N–H and O–H groups in total. The quantitative estimate of drug-likeness (QED) is 0.462. The normalized spacial score (nSPS) is 18.0. The highest BCUT2D eigenvalue weighted by molar-refractivity contribution is 5.97. The number of hydrogen-bond donors (Lipinski definition) is 2. The third-order valence-electron chi connectivity index (χ3n) is 5.69. The third-order valence-corrected chi connectivity index (χ3v) is 5.69. The maximum atomic E-state index is 12.9. The molecule has 0 spiro atoms. The van der Waals surface area contributed by atoms with Crippen molar-refractivity contribution in [2.45, 2.75) is 77.2 Å². The van der Waals surface area contributed by atoms with Gasteiger partial charge in [0.25, 0.3) is 5.91 Å². The predicted octanol–water partition coefficient (Wildman–Crippen LogP) is 3.43. The van der Waals surface area contributed by atoms with Gasteiger partial charge in [0.15, 0.2) is 0 Å². The summed E-state index contributed by atoms with van der Waals surface area (Å²) < 4.78 is 15.6. The molecule has 8 nitrogen and oxygen atoms in total. The minimum Gasteiger partial charge on any atom is -0.467 e. The van der Waals surface area contributed by atoms with Gasteiger partial charge in [-0.05, 0) is 90.0 Å². The lowest BCUT2D eigenvalue weighted by atomic mass is 9.94. The molecule has 1 aromatic carbocycles. The van der Waals surface area contributed by atoms with Gasteiger partial charge in [-0.15, -0.1) is 0 Å². The van der Waals surface area contributed by atoms with Crippen molar-refractivity contribution >= 4 is 18.0 Å². The molecule has 2 amide bonds. The fourth-order valence-electron chi connectivity index (χ4n) is 3.82. The van der Waals surface area contributed by atoms with Gasteiger partial charge in [0.2, 0.25) is 0 Å².